The van der Waals surface area contributed by atoms with E-state index in [1.807, 2.05) is 30.3 Å². The lowest BCUT2D eigenvalue weighted by Crippen LogP contribution is -2.40. The van der Waals surface area contributed by atoms with Gasteiger partial charge in [-0.1, -0.05) is 69.2 Å². The first-order valence-corrected chi connectivity index (χ1v) is 15.0. The SMILES string of the molecule is COC(=O)C1=C(C)N=c2s/c(=C\c3cn(Cc4ccc(Br)cc4)c4ccccc34)c(=O)n2[C@@H]1c1cc(Cl)ccc1OC. The van der Waals surface area contributed by atoms with Crippen LogP contribution in [-0.4, -0.2) is 29.3 Å². The highest BCUT2D eigenvalue weighted by Gasteiger charge is 2.35. The lowest BCUT2D eigenvalue weighted by Gasteiger charge is -2.25. The van der Waals surface area contributed by atoms with E-state index in [4.69, 9.17) is 21.1 Å². The van der Waals surface area contributed by atoms with Crippen LogP contribution in [0.5, 0.6) is 5.75 Å². The molecule has 0 saturated heterocycles. The van der Waals surface area contributed by atoms with E-state index >= 15 is 0 Å². The number of ether oxygens (including phenoxy) is 2. The number of carbonyl (C=O) groups excluding carboxylic acids is 1. The van der Waals surface area contributed by atoms with Gasteiger partial charge >= 0.3 is 5.97 Å². The number of hydrogen-bond acceptors (Lipinski definition) is 6. The standard InChI is InChI=1S/C32H25BrClN3O4S/c1-18-28(31(39)41-3)29(24-15-22(34)12-13-26(24)40-2)37-30(38)27(42-32(37)35-18)14-20-17-36(25-7-5-4-6-23(20)25)16-19-8-10-21(33)11-9-19/h4-15,17,29H,16H2,1-3H3/b27-14-/t29-/m1/s1. The second-order valence-electron chi connectivity index (χ2n) is 9.82. The molecule has 7 nitrogen and oxygen atoms in total. The fourth-order valence-corrected chi connectivity index (χ4v) is 6.84. The van der Waals surface area contributed by atoms with E-state index in [9.17, 15) is 9.59 Å². The minimum Gasteiger partial charge on any atom is -0.496 e. The summed E-state index contributed by atoms with van der Waals surface area (Å²) in [5.74, 6) is -0.0836. The molecule has 0 unspecified atom stereocenters. The van der Waals surface area contributed by atoms with Gasteiger partial charge in [0.1, 0.15) is 11.8 Å². The van der Waals surface area contributed by atoms with Crippen molar-refractivity contribution in [2.24, 2.45) is 4.99 Å². The van der Waals surface area contributed by atoms with Crippen LogP contribution in [-0.2, 0) is 16.1 Å². The molecule has 6 rings (SSSR count). The van der Waals surface area contributed by atoms with E-state index in [1.54, 1.807) is 25.1 Å². The van der Waals surface area contributed by atoms with E-state index in [0.717, 1.165) is 26.5 Å². The Morgan fingerprint density at radius 2 is 1.88 bits per heavy atom. The molecule has 212 valence electrons. The van der Waals surface area contributed by atoms with Crippen LogP contribution < -0.4 is 19.6 Å². The lowest BCUT2D eigenvalue weighted by atomic mass is 9.95. The maximum absolute atomic E-state index is 14.1. The average Bonchev–Trinajstić information content (AvgIpc) is 3.49. The zero-order chi connectivity index (χ0) is 29.5. The van der Waals surface area contributed by atoms with Crippen molar-refractivity contribution in [2.75, 3.05) is 14.2 Å². The quantitative estimate of drug-likeness (QED) is 0.214. The summed E-state index contributed by atoms with van der Waals surface area (Å²) in [6.45, 7) is 2.42. The molecule has 10 heteroatoms. The number of rotatable bonds is 6. The number of allylic oxidation sites excluding steroid dienone is 1. The number of nitrogens with zero attached hydrogens (tertiary/aromatic N) is 3. The fourth-order valence-electron chi connectivity index (χ4n) is 5.35. The van der Waals surface area contributed by atoms with Gasteiger partial charge in [0.15, 0.2) is 4.80 Å². The molecule has 0 aliphatic carbocycles. The number of carbonyl (C=O) groups is 1. The average molecular weight is 663 g/mol. The van der Waals surface area contributed by atoms with Gasteiger partial charge < -0.3 is 14.0 Å². The molecular formula is C32H25BrClN3O4S. The molecule has 0 spiro atoms. The molecular weight excluding hydrogens is 638 g/mol. The summed E-state index contributed by atoms with van der Waals surface area (Å²) in [5.41, 5.74) is 4.14. The minimum absolute atomic E-state index is 0.253. The number of fused-ring (bicyclic) bond motifs is 2. The van der Waals surface area contributed by atoms with Crippen molar-refractivity contribution in [3.63, 3.8) is 0 Å². The molecule has 0 saturated carbocycles. The van der Waals surface area contributed by atoms with Crippen molar-refractivity contribution in [3.8, 4) is 5.75 Å². The van der Waals surface area contributed by atoms with Crippen LogP contribution >= 0.6 is 38.9 Å². The Labute approximate surface area is 258 Å². The number of methoxy groups -OCH3 is 2. The first-order chi connectivity index (χ1) is 20.3. The zero-order valence-electron chi connectivity index (χ0n) is 22.9. The van der Waals surface area contributed by atoms with E-state index in [1.165, 1.54) is 30.1 Å². The number of benzene rings is 3. The highest BCUT2D eigenvalue weighted by atomic mass is 79.9. The van der Waals surface area contributed by atoms with Crippen LogP contribution in [0, 0.1) is 0 Å². The smallest absolute Gasteiger partial charge is 0.338 e. The first-order valence-electron chi connectivity index (χ1n) is 13.1. The highest BCUT2D eigenvalue weighted by Crippen LogP contribution is 2.37. The second kappa shape index (κ2) is 11.4. The molecule has 0 radical (unpaired) electrons. The Kier molecular flexibility index (Phi) is 7.66. The van der Waals surface area contributed by atoms with Gasteiger partial charge in [0, 0.05) is 44.3 Å². The molecule has 3 aromatic carbocycles. The van der Waals surface area contributed by atoms with Gasteiger partial charge in [-0.05, 0) is 55.0 Å². The van der Waals surface area contributed by atoms with Crippen LogP contribution in [0.1, 0.15) is 29.7 Å². The Hall–Kier alpha value is -3.92. The van der Waals surface area contributed by atoms with Crippen LogP contribution in [0.15, 0.2) is 98.5 Å². The van der Waals surface area contributed by atoms with Gasteiger partial charge in [0.2, 0.25) is 0 Å². The maximum Gasteiger partial charge on any atom is 0.338 e. The van der Waals surface area contributed by atoms with Crippen molar-refractivity contribution in [1.29, 1.82) is 0 Å². The highest BCUT2D eigenvalue weighted by molar-refractivity contribution is 9.10. The normalized spacial score (nSPS) is 15.1. The Morgan fingerprint density at radius 1 is 1.12 bits per heavy atom. The molecule has 3 heterocycles. The van der Waals surface area contributed by atoms with Crippen molar-refractivity contribution in [1.82, 2.24) is 9.13 Å². The van der Waals surface area contributed by atoms with Crippen LogP contribution in [0.4, 0.5) is 0 Å². The molecule has 1 atom stereocenters. The molecule has 0 fully saturated rings. The molecule has 0 amide bonds. The summed E-state index contributed by atoms with van der Waals surface area (Å²) in [4.78, 5) is 32.3. The van der Waals surface area contributed by atoms with E-state index in [0.29, 0.717) is 37.9 Å². The number of thiazole rings is 1. The monoisotopic (exact) mass is 661 g/mol. The molecule has 1 aliphatic heterocycles. The van der Waals surface area contributed by atoms with Crippen molar-refractivity contribution >= 4 is 61.8 Å². The maximum atomic E-state index is 14.1. The number of para-hydroxylation sites is 1. The number of hydrogen-bond donors (Lipinski definition) is 0. The molecule has 0 N–H and O–H groups in total. The van der Waals surface area contributed by atoms with E-state index < -0.39 is 12.0 Å². The van der Waals surface area contributed by atoms with Crippen molar-refractivity contribution in [3.05, 3.63) is 130 Å². The predicted octanol–water partition coefficient (Wildman–Crippen LogP) is 5.84. The molecule has 5 aromatic rings. The third-order valence-electron chi connectivity index (χ3n) is 7.29. The van der Waals surface area contributed by atoms with Gasteiger partial charge in [-0.2, -0.15) is 0 Å². The van der Waals surface area contributed by atoms with Gasteiger partial charge in [0.05, 0.1) is 30.0 Å². The second-order valence-corrected chi connectivity index (χ2v) is 12.2. The number of esters is 1. The fraction of sp³-hybridized carbons (Fsp3) is 0.156. The summed E-state index contributed by atoms with van der Waals surface area (Å²) < 4.78 is 16.0. The van der Waals surface area contributed by atoms with Crippen LogP contribution in [0.25, 0.3) is 17.0 Å². The molecule has 2 aromatic heterocycles. The van der Waals surface area contributed by atoms with Gasteiger partial charge in [0.25, 0.3) is 5.56 Å². The summed E-state index contributed by atoms with van der Waals surface area (Å²) in [5, 5.41) is 1.48. The van der Waals surface area contributed by atoms with Crippen molar-refractivity contribution < 1.29 is 14.3 Å². The number of aromatic nitrogens is 2. The van der Waals surface area contributed by atoms with E-state index in [-0.39, 0.29) is 11.1 Å². The first kappa shape index (κ1) is 28.2. The molecule has 0 bridgehead atoms. The van der Waals surface area contributed by atoms with Crippen molar-refractivity contribution in [2.45, 2.75) is 19.5 Å². The third-order valence-corrected chi connectivity index (χ3v) is 9.03. The largest absolute Gasteiger partial charge is 0.496 e. The molecule has 42 heavy (non-hydrogen) atoms. The Bertz CT molecular complexity index is 2080. The van der Waals surface area contributed by atoms with Crippen LogP contribution in [0.3, 0.4) is 0 Å². The van der Waals surface area contributed by atoms with Crippen LogP contribution in [0.2, 0.25) is 5.02 Å². The minimum atomic E-state index is -0.830. The van der Waals surface area contributed by atoms with Gasteiger partial charge in [-0.3, -0.25) is 9.36 Å². The Balaban J connectivity index is 1.54. The van der Waals surface area contributed by atoms with Gasteiger partial charge in [-0.15, -0.1) is 0 Å². The lowest BCUT2D eigenvalue weighted by molar-refractivity contribution is -0.136. The van der Waals surface area contributed by atoms with Gasteiger partial charge in [-0.25, -0.2) is 9.79 Å². The molecule has 1 aliphatic rings. The zero-order valence-corrected chi connectivity index (χ0v) is 26.1. The summed E-state index contributed by atoms with van der Waals surface area (Å²) in [7, 11) is 2.85. The summed E-state index contributed by atoms with van der Waals surface area (Å²) in [6.07, 6.45) is 3.96. The summed E-state index contributed by atoms with van der Waals surface area (Å²) >= 11 is 11.2. The Morgan fingerprint density at radius 3 is 2.62 bits per heavy atom. The predicted molar refractivity (Wildman–Crippen MR) is 169 cm³/mol. The third kappa shape index (κ3) is 5.02. The number of halogens is 2. The topological polar surface area (TPSA) is 74.8 Å². The summed E-state index contributed by atoms with van der Waals surface area (Å²) in [6, 6.07) is 20.6. The van der Waals surface area contributed by atoms with E-state index in [2.05, 4.69) is 56.0 Å².